The lowest BCUT2D eigenvalue weighted by Gasteiger charge is -2.03. The molecule has 108 valence electrons. The van der Waals surface area contributed by atoms with Gasteiger partial charge in [0.15, 0.2) is 0 Å². The van der Waals surface area contributed by atoms with E-state index >= 15 is 0 Å². The van der Waals surface area contributed by atoms with Crippen LogP contribution in [0.25, 0.3) is 10.9 Å². The molecule has 0 saturated carbocycles. The number of pyridine rings is 1. The second-order valence-electron chi connectivity index (χ2n) is 4.92. The average Bonchev–Trinajstić information content (AvgIpc) is 2.55. The summed E-state index contributed by atoms with van der Waals surface area (Å²) < 4.78 is 0. The summed E-state index contributed by atoms with van der Waals surface area (Å²) in [5.41, 5.74) is 5.99. The van der Waals surface area contributed by atoms with Crippen LogP contribution in [0, 0.1) is 0 Å². The first-order chi connectivity index (χ1) is 10.8. The number of nitrogens with zero attached hydrogens (tertiary/aromatic N) is 2. The van der Waals surface area contributed by atoms with Crippen molar-refractivity contribution in [2.45, 2.75) is 6.42 Å². The summed E-state index contributed by atoms with van der Waals surface area (Å²) in [6.07, 6.45) is 4.22. The van der Waals surface area contributed by atoms with Crippen LogP contribution >= 0.6 is 12.2 Å². The summed E-state index contributed by atoms with van der Waals surface area (Å²) >= 11 is 5.29. The van der Waals surface area contributed by atoms with Gasteiger partial charge in [0, 0.05) is 23.6 Å². The third-order valence-electron chi connectivity index (χ3n) is 3.22. The van der Waals surface area contributed by atoms with Crippen molar-refractivity contribution in [1.82, 2.24) is 10.4 Å². The van der Waals surface area contributed by atoms with E-state index in [9.17, 15) is 0 Å². The number of nitrogens with one attached hydrogen (secondary N) is 1. The number of thiocarbonyl (C=S) groups is 1. The second kappa shape index (κ2) is 6.91. The topological polar surface area (TPSA) is 37.3 Å². The smallest absolute Gasteiger partial charge is 0.100 e. The lowest BCUT2D eigenvalue weighted by Crippen LogP contribution is -2.17. The Kier molecular flexibility index (Phi) is 4.51. The van der Waals surface area contributed by atoms with Crippen LogP contribution in [0.2, 0.25) is 0 Å². The molecule has 0 atom stereocenters. The molecule has 4 heteroatoms. The molecule has 3 aromatic rings. The fourth-order valence-corrected chi connectivity index (χ4v) is 2.38. The van der Waals surface area contributed by atoms with Crippen molar-refractivity contribution < 1.29 is 0 Å². The molecule has 3 nitrogen and oxygen atoms in total. The predicted molar refractivity (Wildman–Crippen MR) is 95.2 cm³/mol. The van der Waals surface area contributed by atoms with Gasteiger partial charge in [0.25, 0.3) is 0 Å². The molecule has 22 heavy (non-hydrogen) atoms. The number of rotatable bonds is 4. The maximum atomic E-state index is 5.29. The molecule has 3 rings (SSSR count). The summed E-state index contributed by atoms with van der Waals surface area (Å²) in [6.45, 7) is 0. The molecule has 0 unspecified atom stereocenters. The number of fused-ring (bicyclic) bond motifs is 1. The van der Waals surface area contributed by atoms with Gasteiger partial charge in [-0.3, -0.25) is 10.4 Å². The van der Waals surface area contributed by atoms with Crippen LogP contribution in [0.4, 0.5) is 0 Å². The highest BCUT2D eigenvalue weighted by Gasteiger charge is 1.97. The molecule has 1 aromatic heterocycles. The van der Waals surface area contributed by atoms with Gasteiger partial charge in [0.1, 0.15) is 4.99 Å². The van der Waals surface area contributed by atoms with E-state index in [1.807, 2.05) is 60.7 Å². The second-order valence-corrected chi connectivity index (χ2v) is 5.41. The molecule has 0 aliphatic carbocycles. The zero-order chi connectivity index (χ0) is 15.2. The largest absolute Gasteiger partial charge is 0.271 e. The Hall–Kier alpha value is -2.59. The minimum Gasteiger partial charge on any atom is -0.271 e. The van der Waals surface area contributed by atoms with Gasteiger partial charge in [-0.1, -0.05) is 60.7 Å². The van der Waals surface area contributed by atoms with E-state index in [1.54, 1.807) is 12.4 Å². The minimum atomic E-state index is 0.684. The SMILES string of the molecule is S=C(Cc1ccccc1)N/N=C/c1cnc2ccccc2c1. The van der Waals surface area contributed by atoms with Crippen molar-refractivity contribution >= 4 is 34.3 Å². The lowest BCUT2D eigenvalue weighted by molar-refractivity contribution is 1.02. The molecule has 0 bridgehead atoms. The molecule has 0 aliphatic rings. The summed E-state index contributed by atoms with van der Waals surface area (Å²) in [4.78, 5) is 5.09. The molecule has 0 spiro atoms. The van der Waals surface area contributed by atoms with Crippen LogP contribution in [0.15, 0.2) is 72.0 Å². The van der Waals surface area contributed by atoms with E-state index in [1.165, 1.54) is 5.56 Å². The highest BCUT2D eigenvalue weighted by Crippen LogP contribution is 2.11. The van der Waals surface area contributed by atoms with E-state index in [4.69, 9.17) is 12.2 Å². The summed E-state index contributed by atoms with van der Waals surface area (Å²) in [7, 11) is 0. The third kappa shape index (κ3) is 3.74. The van der Waals surface area contributed by atoms with E-state index in [0.29, 0.717) is 11.4 Å². The third-order valence-corrected chi connectivity index (χ3v) is 3.46. The number of hydrogen-bond acceptors (Lipinski definition) is 3. The quantitative estimate of drug-likeness (QED) is 0.453. The van der Waals surface area contributed by atoms with E-state index in [2.05, 4.69) is 15.5 Å². The summed E-state index contributed by atoms with van der Waals surface area (Å²) in [5, 5.41) is 5.28. The lowest BCUT2D eigenvalue weighted by atomic mass is 10.1. The van der Waals surface area contributed by atoms with Gasteiger partial charge in [-0.2, -0.15) is 5.10 Å². The van der Waals surface area contributed by atoms with Crippen molar-refractivity contribution in [2.24, 2.45) is 5.10 Å². The zero-order valence-corrected chi connectivity index (χ0v) is 12.8. The van der Waals surface area contributed by atoms with Crippen LogP contribution in [0.5, 0.6) is 0 Å². The van der Waals surface area contributed by atoms with Crippen molar-refractivity contribution in [3.8, 4) is 0 Å². The van der Waals surface area contributed by atoms with E-state index < -0.39 is 0 Å². The van der Waals surface area contributed by atoms with Gasteiger partial charge < -0.3 is 0 Å². The summed E-state index contributed by atoms with van der Waals surface area (Å²) in [5.74, 6) is 0. The van der Waals surface area contributed by atoms with E-state index in [0.717, 1.165) is 16.5 Å². The monoisotopic (exact) mass is 305 g/mol. The Balaban J connectivity index is 1.62. The van der Waals surface area contributed by atoms with Gasteiger partial charge in [0.05, 0.1) is 11.7 Å². The molecule has 0 radical (unpaired) electrons. The minimum absolute atomic E-state index is 0.684. The van der Waals surface area contributed by atoms with Gasteiger partial charge in [-0.15, -0.1) is 0 Å². The number of aromatic nitrogens is 1. The fourth-order valence-electron chi connectivity index (χ4n) is 2.16. The highest BCUT2D eigenvalue weighted by atomic mass is 32.1. The van der Waals surface area contributed by atoms with E-state index in [-0.39, 0.29) is 0 Å². The average molecular weight is 305 g/mol. The Morgan fingerprint density at radius 2 is 1.86 bits per heavy atom. The number of para-hydroxylation sites is 1. The van der Waals surface area contributed by atoms with Crippen LogP contribution in [0.3, 0.4) is 0 Å². The van der Waals surface area contributed by atoms with Crippen LogP contribution in [-0.4, -0.2) is 16.2 Å². The van der Waals surface area contributed by atoms with Crippen molar-refractivity contribution in [3.05, 3.63) is 78.0 Å². The van der Waals surface area contributed by atoms with Crippen molar-refractivity contribution in [2.75, 3.05) is 0 Å². The van der Waals surface area contributed by atoms with Gasteiger partial charge >= 0.3 is 0 Å². The zero-order valence-electron chi connectivity index (χ0n) is 11.9. The number of hydrogen-bond donors (Lipinski definition) is 1. The molecule has 2 aromatic carbocycles. The maximum absolute atomic E-state index is 5.29. The van der Waals surface area contributed by atoms with Crippen LogP contribution in [0.1, 0.15) is 11.1 Å². The number of benzene rings is 2. The normalized spacial score (nSPS) is 10.9. The van der Waals surface area contributed by atoms with Gasteiger partial charge in [-0.25, -0.2) is 0 Å². The van der Waals surface area contributed by atoms with Crippen molar-refractivity contribution in [1.29, 1.82) is 0 Å². The Morgan fingerprint density at radius 1 is 1.09 bits per heavy atom. The first-order valence-corrected chi connectivity index (χ1v) is 7.43. The number of hydrazone groups is 1. The molecule has 0 aliphatic heterocycles. The maximum Gasteiger partial charge on any atom is 0.100 e. The Labute approximate surface area is 134 Å². The predicted octanol–water partition coefficient (Wildman–Crippen LogP) is 3.73. The standard InChI is InChI=1S/C18H15N3S/c22-18(11-14-6-2-1-3-7-14)21-20-13-15-10-16-8-4-5-9-17(16)19-12-15/h1-10,12-13H,11H2,(H,21,22)/b20-13+. The van der Waals surface area contributed by atoms with Crippen molar-refractivity contribution in [3.63, 3.8) is 0 Å². The van der Waals surface area contributed by atoms with Gasteiger partial charge in [0.2, 0.25) is 0 Å². The first kappa shape index (κ1) is 14.4. The molecule has 1 heterocycles. The summed E-state index contributed by atoms with van der Waals surface area (Å²) in [6, 6.07) is 20.1. The Morgan fingerprint density at radius 3 is 2.73 bits per heavy atom. The van der Waals surface area contributed by atoms with Crippen LogP contribution < -0.4 is 5.43 Å². The van der Waals surface area contributed by atoms with Gasteiger partial charge in [-0.05, 0) is 17.7 Å². The molecule has 1 N–H and O–H groups in total. The molecule has 0 saturated heterocycles. The first-order valence-electron chi connectivity index (χ1n) is 7.02. The molecular weight excluding hydrogens is 290 g/mol. The molecule has 0 fully saturated rings. The van der Waals surface area contributed by atoms with Crippen LogP contribution in [-0.2, 0) is 6.42 Å². The fraction of sp³-hybridized carbons (Fsp3) is 0.0556. The molecular formula is C18H15N3S. The highest BCUT2D eigenvalue weighted by molar-refractivity contribution is 7.80. The Bertz CT molecular complexity index is 813. The molecule has 0 amide bonds.